The van der Waals surface area contributed by atoms with E-state index in [2.05, 4.69) is 46.6 Å². The van der Waals surface area contributed by atoms with Crippen molar-refractivity contribution < 1.29 is 9.53 Å². The monoisotopic (exact) mass is 358 g/mol. The number of methoxy groups -OCH3 is 1. The van der Waals surface area contributed by atoms with Gasteiger partial charge < -0.3 is 15.0 Å². The summed E-state index contributed by atoms with van der Waals surface area (Å²) in [4.78, 5) is 14.7. The lowest BCUT2D eigenvalue weighted by Crippen LogP contribution is -2.24. The fourth-order valence-electron chi connectivity index (χ4n) is 3.47. The summed E-state index contributed by atoms with van der Waals surface area (Å²) in [7, 11) is 1.61. The zero-order valence-electron chi connectivity index (χ0n) is 15.3. The third-order valence-electron chi connectivity index (χ3n) is 4.90. The Morgan fingerprint density at radius 1 is 0.963 bits per heavy atom. The van der Waals surface area contributed by atoms with Crippen LogP contribution in [0.5, 0.6) is 5.75 Å². The summed E-state index contributed by atoms with van der Waals surface area (Å²) < 4.78 is 5.13. The maximum absolute atomic E-state index is 12.4. The van der Waals surface area contributed by atoms with Crippen LogP contribution in [0, 0.1) is 0 Å². The Bertz CT molecular complexity index is 933. The first-order valence-electron chi connectivity index (χ1n) is 9.15. The largest absolute Gasteiger partial charge is 0.497 e. The van der Waals surface area contributed by atoms with Gasteiger partial charge in [-0.25, -0.2) is 0 Å². The maximum atomic E-state index is 12.4. The van der Waals surface area contributed by atoms with Crippen molar-refractivity contribution in [2.75, 3.05) is 23.9 Å². The summed E-state index contributed by atoms with van der Waals surface area (Å²) in [5.41, 5.74) is 5.19. The van der Waals surface area contributed by atoms with E-state index in [4.69, 9.17) is 4.74 Å². The first-order valence-corrected chi connectivity index (χ1v) is 9.15. The number of rotatable bonds is 4. The fourth-order valence-corrected chi connectivity index (χ4v) is 3.47. The van der Waals surface area contributed by atoms with Crippen LogP contribution in [0.2, 0.25) is 0 Å². The highest BCUT2D eigenvalue weighted by atomic mass is 16.5. The Morgan fingerprint density at radius 2 is 1.70 bits per heavy atom. The molecule has 4 nitrogen and oxygen atoms in total. The number of hydrogen-bond donors (Lipinski definition) is 1. The Kier molecular flexibility index (Phi) is 4.79. The van der Waals surface area contributed by atoms with E-state index in [0.29, 0.717) is 5.56 Å². The van der Waals surface area contributed by atoms with E-state index in [9.17, 15) is 4.79 Å². The molecular weight excluding hydrogens is 336 g/mol. The normalized spacial score (nSPS) is 13.0. The number of nitrogens with zero attached hydrogens (tertiary/aromatic N) is 1. The Hall–Kier alpha value is -3.27. The standard InChI is InChI=1S/C23H22N2O2/c1-27-21-14-8-18(9-15-21)23(26)24-19-10-12-20(13-11-19)25-16-4-6-17-5-2-3-7-22(17)25/h2-3,5,7-15H,4,6,16H2,1H3,(H,24,26). The van der Waals surface area contributed by atoms with Crippen molar-refractivity contribution in [2.24, 2.45) is 0 Å². The molecule has 4 rings (SSSR count). The van der Waals surface area contributed by atoms with Gasteiger partial charge in [0, 0.05) is 29.2 Å². The molecule has 0 radical (unpaired) electrons. The number of hydrogen-bond acceptors (Lipinski definition) is 3. The van der Waals surface area contributed by atoms with Crippen LogP contribution < -0.4 is 15.0 Å². The molecule has 1 N–H and O–H groups in total. The van der Waals surface area contributed by atoms with Gasteiger partial charge in [-0.1, -0.05) is 18.2 Å². The second-order valence-corrected chi connectivity index (χ2v) is 6.61. The number of aryl methyl sites for hydroxylation is 1. The predicted octanol–water partition coefficient (Wildman–Crippen LogP) is 5.03. The predicted molar refractivity (Wildman–Crippen MR) is 109 cm³/mol. The molecule has 27 heavy (non-hydrogen) atoms. The highest BCUT2D eigenvalue weighted by Gasteiger charge is 2.17. The van der Waals surface area contributed by atoms with E-state index >= 15 is 0 Å². The van der Waals surface area contributed by atoms with Gasteiger partial charge in [0.05, 0.1) is 7.11 Å². The van der Waals surface area contributed by atoms with Crippen LogP contribution in [-0.4, -0.2) is 19.6 Å². The van der Waals surface area contributed by atoms with E-state index in [1.807, 2.05) is 12.1 Å². The first kappa shape index (κ1) is 17.2. The molecule has 0 bridgehead atoms. The van der Waals surface area contributed by atoms with Crippen LogP contribution in [0.25, 0.3) is 0 Å². The molecular formula is C23H22N2O2. The zero-order chi connectivity index (χ0) is 18.6. The second-order valence-electron chi connectivity index (χ2n) is 6.61. The topological polar surface area (TPSA) is 41.6 Å². The molecule has 1 amide bonds. The number of carbonyl (C=O) groups is 1. The van der Waals surface area contributed by atoms with Crippen LogP contribution in [-0.2, 0) is 6.42 Å². The highest BCUT2D eigenvalue weighted by molar-refractivity contribution is 6.04. The van der Waals surface area contributed by atoms with E-state index in [-0.39, 0.29) is 5.91 Å². The number of amides is 1. The van der Waals surface area contributed by atoms with Crippen LogP contribution in [0.15, 0.2) is 72.8 Å². The summed E-state index contributed by atoms with van der Waals surface area (Å²) in [6.07, 6.45) is 2.27. The number of anilines is 3. The van der Waals surface area contributed by atoms with Crippen molar-refractivity contribution >= 4 is 23.0 Å². The quantitative estimate of drug-likeness (QED) is 0.711. The minimum Gasteiger partial charge on any atom is -0.497 e. The van der Waals surface area contributed by atoms with Gasteiger partial charge in [0.1, 0.15) is 5.75 Å². The Balaban J connectivity index is 1.49. The van der Waals surface area contributed by atoms with Crippen LogP contribution >= 0.6 is 0 Å². The van der Waals surface area contributed by atoms with Gasteiger partial charge in [0.15, 0.2) is 0 Å². The van der Waals surface area contributed by atoms with Gasteiger partial charge in [-0.15, -0.1) is 0 Å². The summed E-state index contributed by atoms with van der Waals surface area (Å²) in [5, 5.41) is 2.95. The van der Waals surface area contributed by atoms with Gasteiger partial charge in [-0.3, -0.25) is 4.79 Å². The number of benzene rings is 3. The number of carbonyl (C=O) groups excluding carboxylic acids is 1. The summed E-state index contributed by atoms with van der Waals surface area (Å²) in [5.74, 6) is 0.603. The smallest absolute Gasteiger partial charge is 0.255 e. The third-order valence-corrected chi connectivity index (χ3v) is 4.90. The van der Waals surface area contributed by atoms with Crippen molar-refractivity contribution in [3.63, 3.8) is 0 Å². The summed E-state index contributed by atoms with van der Waals surface area (Å²) >= 11 is 0. The number of fused-ring (bicyclic) bond motifs is 1. The Morgan fingerprint density at radius 3 is 2.44 bits per heavy atom. The van der Waals surface area contributed by atoms with Crippen molar-refractivity contribution in [1.29, 1.82) is 0 Å². The molecule has 0 saturated heterocycles. The highest BCUT2D eigenvalue weighted by Crippen LogP contribution is 2.33. The average molecular weight is 358 g/mol. The number of ether oxygens (including phenoxy) is 1. The lowest BCUT2D eigenvalue weighted by Gasteiger charge is -2.31. The number of para-hydroxylation sites is 1. The van der Waals surface area contributed by atoms with Gasteiger partial charge in [0.25, 0.3) is 5.91 Å². The van der Waals surface area contributed by atoms with Crippen LogP contribution in [0.3, 0.4) is 0 Å². The van der Waals surface area contributed by atoms with E-state index < -0.39 is 0 Å². The lowest BCUT2D eigenvalue weighted by molar-refractivity contribution is 0.102. The van der Waals surface area contributed by atoms with Crippen molar-refractivity contribution in [3.05, 3.63) is 83.9 Å². The van der Waals surface area contributed by atoms with E-state index in [1.54, 1.807) is 31.4 Å². The van der Waals surface area contributed by atoms with Gasteiger partial charge >= 0.3 is 0 Å². The van der Waals surface area contributed by atoms with Crippen LogP contribution in [0.4, 0.5) is 17.1 Å². The minimum absolute atomic E-state index is 0.131. The van der Waals surface area contributed by atoms with Gasteiger partial charge in [0.2, 0.25) is 0 Å². The number of nitrogens with one attached hydrogen (secondary N) is 1. The lowest BCUT2D eigenvalue weighted by atomic mass is 10.0. The third kappa shape index (κ3) is 3.65. The molecule has 4 heteroatoms. The van der Waals surface area contributed by atoms with E-state index in [1.165, 1.54) is 11.3 Å². The van der Waals surface area contributed by atoms with Crippen molar-refractivity contribution in [3.8, 4) is 5.75 Å². The van der Waals surface area contributed by atoms with Crippen molar-refractivity contribution in [1.82, 2.24) is 0 Å². The summed E-state index contributed by atoms with van der Waals surface area (Å²) in [6, 6.07) is 23.7. The molecule has 0 aliphatic carbocycles. The molecule has 0 unspecified atom stereocenters. The van der Waals surface area contributed by atoms with E-state index in [0.717, 1.165) is 36.5 Å². The molecule has 0 aromatic heterocycles. The molecule has 3 aromatic rings. The SMILES string of the molecule is COc1ccc(C(=O)Nc2ccc(N3CCCc4ccccc43)cc2)cc1. The average Bonchev–Trinajstić information content (AvgIpc) is 2.74. The first-order chi connectivity index (χ1) is 13.2. The zero-order valence-corrected chi connectivity index (χ0v) is 15.3. The summed E-state index contributed by atoms with van der Waals surface area (Å²) in [6.45, 7) is 1.01. The molecule has 3 aromatic carbocycles. The fraction of sp³-hybridized carbons (Fsp3) is 0.174. The molecule has 0 fully saturated rings. The van der Waals surface area contributed by atoms with Gasteiger partial charge in [-0.2, -0.15) is 0 Å². The second kappa shape index (κ2) is 7.54. The molecule has 0 saturated carbocycles. The molecule has 136 valence electrons. The molecule has 1 aliphatic heterocycles. The Labute approximate surface area is 159 Å². The molecule has 0 spiro atoms. The maximum Gasteiger partial charge on any atom is 0.255 e. The molecule has 1 heterocycles. The minimum atomic E-state index is -0.131. The molecule has 1 aliphatic rings. The van der Waals surface area contributed by atoms with Crippen LogP contribution in [0.1, 0.15) is 22.3 Å². The molecule has 0 atom stereocenters. The van der Waals surface area contributed by atoms with Crippen molar-refractivity contribution in [2.45, 2.75) is 12.8 Å². The van der Waals surface area contributed by atoms with Gasteiger partial charge in [-0.05, 0) is 73.0 Å².